The molecule has 0 radical (unpaired) electrons. The lowest BCUT2D eigenvalue weighted by atomic mass is 10.1. The molecule has 0 atom stereocenters. The first kappa shape index (κ1) is 22.6. The molecular weight excluding hydrogens is 434 g/mol. The van der Waals surface area contributed by atoms with Crippen LogP contribution in [0.15, 0.2) is 72.8 Å². The molecule has 0 saturated carbocycles. The van der Waals surface area contributed by atoms with Gasteiger partial charge in [-0.15, -0.1) is 0 Å². The molecular formula is C27H26ClN3O2. The van der Waals surface area contributed by atoms with Gasteiger partial charge in [-0.2, -0.15) is 5.10 Å². The lowest BCUT2D eigenvalue weighted by Crippen LogP contribution is -2.23. The molecule has 1 aromatic heterocycles. The number of nitrogens with one attached hydrogen (secondary N) is 1. The van der Waals surface area contributed by atoms with Crippen LogP contribution in [0.4, 0.5) is 0 Å². The summed E-state index contributed by atoms with van der Waals surface area (Å²) in [6.07, 6.45) is 0. The first-order valence-corrected chi connectivity index (χ1v) is 11.2. The van der Waals surface area contributed by atoms with Crippen molar-refractivity contribution >= 4 is 17.5 Å². The van der Waals surface area contributed by atoms with E-state index in [1.165, 1.54) is 0 Å². The Labute approximate surface area is 199 Å². The van der Waals surface area contributed by atoms with Gasteiger partial charge in [-0.05, 0) is 68.3 Å². The molecule has 33 heavy (non-hydrogen) atoms. The van der Waals surface area contributed by atoms with E-state index in [9.17, 15) is 4.79 Å². The predicted molar refractivity (Wildman–Crippen MR) is 131 cm³/mol. The third-order valence-electron chi connectivity index (χ3n) is 5.56. The molecule has 0 aliphatic carbocycles. The number of rotatable bonds is 7. The Balaban J connectivity index is 1.37. The van der Waals surface area contributed by atoms with E-state index in [1.54, 1.807) is 12.1 Å². The Hall–Kier alpha value is -3.57. The first-order chi connectivity index (χ1) is 15.9. The summed E-state index contributed by atoms with van der Waals surface area (Å²) in [5.74, 6) is 0.524. The van der Waals surface area contributed by atoms with Crippen LogP contribution < -0.4 is 10.1 Å². The maximum absolute atomic E-state index is 12.7. The second kappa shape index (κ2) is 9.92. The molecule has 0 aliphatic heterocycles. The average molecular weight is 460 g/mol. The van der Waals surface area contributed by atoms with E-state index in [0.29, 0.717) is 29.5 Å². The van der Waals surface area contributed by atoms with Crippen LogP contribution in [0.25, 0.3) is 5.69 Å². The summed E-state index contributed by atoms with van der Waals surface area (Å²) < 4.78 is 7.74. The summed E-state index contributed by atoms with van der Waals surface area (Å²) in [5.41, 5.74) is 6.58. The van der Waals surface area contributed by atoms with Gasteiger partial charge >= 0.3 is 0 Å². The molecule has 0 fully saturated rings. The van der Waals surface area contributed by atoms with Gasteiger partial charge in [-0.25, -0.2) is 4.68 Å². The lowest BCUT2D eigenvalue weighted by molar-refractivity contribution is 0.0951. The number of halogens is 1. The molecule has 1 amide bonds. The van der Waals surface area contributed by atoms with Gasteiger partial charge in [-0.3, -0.25) is 4.79 Å². The number of carbonyl (C=O) groups is 1. The smallest absolute Gasteiger partial charge is 0.251 e. The van der Waals surface area contributed by atoms with E-state index >= 15 is 0 Å². The van der Waals surface area contributed by atoms with Gasteiger partial charge in [0.15, 0.2) is 0 Å². The fraction of sp³-hybridized carbons (Fsp3) is 0.185. The van der Waals surface area contributed by atoms with Crippen LogP contribution in [0.2, 0.25) is 5.02 Å². The van der Waals surface area contributed by atoms with Gasteiger partial charge < -0.3 is 10.1 Å². The number of carbonyl (C=O) groups excluding carboxylic acids is 1. The molecule has 0 saturated heterocycles. The van der Waals surface area contributed by atoms with Crippen molar-refractivity contribution in [3.05, 3.63) is 111 Å². The Kier molecular flexibility index (Phi) is 6.80. The van der Waals surface area contributed by atoms with Gasteiger partial charge in [-0.1, -0.05) is 48.0 Å². The molecule has 0 aliphatic rings. The van der Waals surface area contributed by atoms with Crippen LogP contribution in [0, 0.1) is 20.8 Å². The lowest BCUT2D eigenvalue weighted by Gasteiger charge is -2.10. The van der Waals surface area contributed by atoms with Gasteiger partial charge in [0.1, 0.15) is 12.4 Å². The van der Waals surface area contributed by atoms with Gasteiger partial charge in [0.25, 0.3) is 5.91 Å². The average Bonchev–Trinajstić information content (AvgIpc) is 3.12. The third kappa shape index (κ3) is 5.26. The fourth-order valence-electron chi connectivity index (χ4n) is 3.66. The van der Waals surface area contributed by atoms with E-state index in [4.69, 9.17) is 16.3 Å². The van der Waals surface area contributed by atoms with Crippen LogP contribution in [0.5, 0.6) is 5.75 Å². The Morgan fingerprint density at radius 3 is 2.45 bits per heavy atom. The maximum atomic E-state index is 12.7. The minimum absolute atomic E-state index is 0.129. The number of hydrogen-bond donors (Lipinski definition) is 1. The minimum Gasteiger partial charge on any atom is -0.487 e. The molecule has 0 spiro atoms. The van der Waals surface area contributed by atoms with Crippen molar-refractivity contribution in [2.75, 3.05) is 0 Å². The molecule has 168 valence electrons. The first-order valence-electron chi connectivity index (χ1n) is 10.8. The molecule has 4 rings (SSSR count). The fourth-order valence-corrected chi connectivity index (χ4v) is 3.83. The number of para-hydroxylation sites is 1. The molecule has 1 heterocycles. The minimum atomic E-state index is -0.129. The van der Waals surface area contributed by atoms with Gasteiger partial charge in [0, 0.05) is 23.4 Å². The Morgan fingerprint density at radius 2 is 1.73 bits per heavy atom. The molecule has 0 bridgehead atoms. The standard InChI is InChI=1S/C27H26ClN3O2/c1-18-9-14-25(28)26(15-18)33-17-21-10-12-22(13-11-21)27(32)29-16-24-19(2)30-31(20(24)3)23-7-5-4-6-8-23/h4-15H,16-17H2,1-3H3,(H,29,32). The van der Waals surface area contributed by atoms with E-state index in [1.807, 2.05) is 86.1 Å². The highest BCUT2D eigenvalue weighted by atomic mass is 35.5. The number of ether oxygens (including phenoxy) is 1. The van der Waals surface area contributed by atoms with Crippen molar-refractivity contribution in [1.29, 1.82) is 0 Å². The second-order valence-corrected chi connectivity index (χ2v) is 8.41. The van der Waals surface area contributed by atoms with Crippen LogP contribution in [0.3, 0.4) is 0 Å². The number of aryl methyl sites for hydroxylation is 2. The predicted octanol–water partition coefficient (Wildman–Crippen LogP) is 5.96. The third-order valence-corrected chi connectivity index (χ3v) is 5.88. The summed E-state index contributed by atoms with van der Waals surface area (Å²) >= 11 is 6.19. The van der Waals surface area contributed by atoms with Gasteiger partial charge in [0.05, 0.1) is 16.4 Å². The van der Waals surface area contributed by atoms with Crippen LogP contribution in [-0.2, 0) is 13.2 Å². The van der Waals surface area contributed by atoms with E-state index in [2.05, 4.69) is 10.4 Å². The number of nitrogens with zero attached hydrogens (tertiary/aromatic N) is 2. The summed E-state index contributed by atoms with van der Waals surface area (Å²) in [4.78, 5) is 12.7. The van der Waals surface area contributed by atoms with Crippen molar-refractivity contribution in [3.63, 3.8) is 0 Å². The van der Waals surface area contributed by atoms with Crippen molar-refractivity contribution < 1.29 is 9.53 Å². The Morgan fingerprint density at radius 1 is 1.00 bits per heavy atom. The SMILES string of the molecule is Cc1ccc(Cl)c(OCc2ccc(C(=O)NCc3c(C)nn(-c4ccccc4)c3C)cc2)c1. The molecule has 1 N–H and O–H groups in total. The van der Waals surface area contributed by atoms with Crippen molar-refractivity contribution in [1.82, 2.24) is 15.1 Å². The molecule has 6 heteroatoms. The van der Waals surface area contributed by atoms with Crippen molar-refractivity contribution in [2.45, 2.75) is 33.9 Å². The van der Waals surface area contributed by atoms with Crippen molar-refractivity contribution in [3.8, 4) is 11.4 Å². The van der Waals surface area contributed by atoms with Crippen LogP contribution in [-0.4, -0.2) is 15.7 Å². The molecule has 0 unspecified atom stereocenters. The second-order valence-electron chi connectivity index (χ2n) is 8.00. The zero-order valence-corrected chi connectivity index (χ0v) is 19.7. The monoisotopic (exact) mass is 459 g/mol. The topological polar surface area (TPSA) is 56.1 Å². The highest BCUT2D eigenvalue weighted by Gasteiger charge is 2.14. The number of amides is 1. The number of hydrogen-bond acceptors (Lipinski definition) is 3. The normalized spacial score (nSPS) is 10.8. The zero-order valence-electron chi connectivity index (χ0n) is 18.9. The summed E-state index contributed by atoms with van der Waals surface area (Å²) in [5, 5.41) is 8.23. The van der Waals surface area contributed by atoms with E-state index in [0.717, 1.165) is 33.8 Å². The summed E-state index contributed by atoms with van der Waals surface area (Å²) in [6, 6.07) is 23.0. The molecule has 3 aromatic carbocycles. The summed E-state index contributed by atoms with van der Waals surface area (Å²) in [7, 11) is 0. The quantitative estimate of drug-likeness (QED) is 0.371. The maximum Gasteiger partial charge on any atom is 0.251 e. The highest BCUT2D eigenvalue weighted by Crippen LogP contribution is 2.26. The molecule has 5 nitrogen and oxygen atoms in total. The van der Waals surface area contributed by atoms with Gasteiger partial charge in [0.2, 0.25) is 0 Å². The highest BCUT2D eigenvalue weighted by molar-refractivity contribution is 6.32. The Bertz CT molecular complexity index is 1260. The zero-order chi connectivity index (χ0) is 23.4. The number of aromatic nitrogens is 2. The summed E-state index contributed by atoms with van der Waals surface area (Å²) in [6.45, 7) is 6.77. The largest absolute Gasteiger partial charge is 0.487 e. The van der Waals surface area contributed by atoms with Crippen LogP contribution in [0.1, 0.15) is 38.4 Å². The van der Waals surface area contributed by atoms with E-state index < -0.39 is 0 Å². The van der Waals surface area contributed by atoms with Crippen molar-refractivity contribution in [2.24, 2.45) is 0 Å². The van der Waals surface area contributed by atoms with E-state index in [-0.39, 0.29) is 5.91 Å². The number of benzene rings is 3. The van der Waals surface area contributed by atoms with Crippen LogP contribution >= 0.6 is 11.6 Å². The molecule has 4 aromatic rings.